The van der Waals surface area contributed by atoms with E-state index in [1.165, 1.54) is 23.7 Å². The van der Waals surface area contributed by atoms with Crippen LogP contribution in [0.2, 0.25) is 0 Å². The van der Waals surface area contributed by atoms with Gasteiger partial charge in [0.05, 0.1) is 6.54 Å². The van der Waals surface area contributed by atoms with Crippen LogP contribution >= 0.6 is 0 Å². The van der Waals surface area contributed by atoms with E-state index in [0.29, 0.717) is 18.9 Å². The Morgan fingerprint density at radius 2 is 2.24 bits per heavy atom. The predicted octanol–water partition coefficient (Wildman–Crippen LogP) is 2.22. The van der Waals surface area contributed by atoms with Crippen LogP contribution in [0.4, 0.5) is 4.39 Å². The third-order valence-electron chi connectivity index (χ3n) is 2.78. The van der Waals surface area contributed by atoms with Gasteiger partial charge in [0.2, 0.25) is 0 Å². The van der Waals surface area contributed by atoms with E-state index in [1.807, 2.05) is 22.9 Å². The van der Waals surface area contributed by atoms with Crippen molar-refractivity contribution in [1.82, 2.24) is 10.0 Å². The van der Waals surface area contributed by atoms with Crippen LogP contribution < -0.4 is 10.2 Å². The highest BCUT2D eigenvalue weighted by atomic mass is 19.1. The van der Waals surface area contributed by atoms with Gasteiger partial charge in [0, 0.05) is 24.0 Å². The molecule has 2 rings (SSSR count). The lowest BCUT2D eigenvalue weighted by atomic mass is 10.3. The minimum Gasteiger partial charge on any atom is -0.492 e. The van der Waals surface area contributed by atoms with Crippen molar-refractivity contribution in [2.75, 3.05) is 6.61 Å². The SMILES string of the molecule is O=C(/C=C/c1cccn1CCOc1cccc(F)c1)NO. The molecule has 0 aliphatic rings. The number of nitrogens with one attached hydrogen (secondary N) is 1. The zero-order chi connectivity index (χ0) is 15.1. The monoisotopic (exact) mass is 290 g/mol. The minimum absolute atomic E-state index is 0.341. The topological polar surface area (TPSA) is 63.5 Å². The highest BCUT2D eigenvalue weighted by Crippen LogP contribution is 2.12. The summed E-state index contributed by atoms with van der Waals surface area (Å²) in [5.41, 5.74) is 2.31. The number of hydrogen-bond acceptors (Lipinski definition) is 3. The Morgan fingerprint density at radius 3 is 3.00 bits per heavy atom. The zero-order valence-corrected chi connectivity index (χ0v) is 11.2. The second kappa shape index (κ2) is 7.25. The van der Waals surface area contributed by atoms with Gasteiger partial charge in [0.25, 0.3) is 5.91 Å². The number of amides is 1. The Kier molecular flexibility index (Phi) is 5.11. The molecule has 1 amide bonds. The predicted molar refractivity (Wildman–Crippen MR) is 75.3 cm³/mol. The van der Waals surface area contributed by atoms with Crippen LogP contribution in [-0.4, -0.2) is 22.3 Å². The fourth-order valence-electron chi connectivity index (χ4n) is 1.80. The first-order valence-electron chi connectivity index (χ1n) is 6.34. The molecule has 6 heteroatoms. The molecule has 0 atom stereocenters. The van der Waals surface area contributed by atoms with Crippen LogP contribution in [0.15, 0.2) is 48.7 Å². The van der Waals surface area contributed by atoms with Gasteiger partial charge in [-0.05, 0) is 30.3 Å². The number of aromatic nitrogens is 1. The number of halogens is 1. The molecule has 2 aromatic rings. The largest absolute Gasteiger partial charge is 0.492 e. The summed E-state index contributed by atoms with van der Waals surface area (Å²) < 4.78 is 20.3. The van der Waals surface area contributed by atoms with Gasteiger partial charge in [0.15, 0.2) is 0 Å². The molecule has 5 nitrogen and oxygen atoms in total. The summed E-state index contributed by atoms with van der Waals surface area (Å²) >= 11 is 0. The lowest BCUT2D eigenvalue weighted by Crippen LogP contribution is -2.15. The molecule has 1 aromatic heterocycles. The van der Waals surface area contributed by atoms with Crippen LogP contribution in [0.5, 0.6) is 5.75 Å². The van der Waals surface area contributed by atoms with E-state index < -0.39 is 5.91 Å². The molecule has 0 saturated heterocycles. The Hall–Kier alpha value is -2.60. The van der Waals surface area contributed by atoms with Gasteiger partial charge in [-0.25, -0.2) is 9.87 Å². The first-order chi connectivity index (χ1) is 10.2. The maximum Gasteiger partial charge on any atom is 0.267 e. The normalized spacial score (nSPS) is 10.8. The molecule has 0 saturated carbocycles. The summed E-state index contributed by atoms with van der Waals surface area (Å²) in [7, 11) is 0. The molecule has 21 heavy (non-hydrogen) atoms. The molecule has 110 valence electrons. The Morgan fingerprint density at radius 1 is 1.38 bits per heavy atom. The molecule has 0 spiro atoms. The summed E-state index contributed by atoms with van der Waals surface area (Å²) in [5.74, 6) is -0.468. The van der Waals surface area contributed by atoms with Crippen molar-refractivity contribution in [2.24, 2.45) is 0 Å². The third-order valence-corrected chi connectivity index (χ3v) is 2.78. The molecular formula is C15H15FN2O3. The molecule has 0 unspecified atom stereocenters. The Balaban J connectivity index is 1.91. The average molecular weight is 290 g/mol. The van der Waals surface area contributed by atoms with Crippen LogP contribution in [0.1, 0.15) is 5.69 Å². The zero-order valence-electron chi connectivity index (χ0n) is 11.2. The lowest BCUT2D eigenvalue weighted by Gasteiger charge is -2.09. The third kappa shape index (κ3) is 4.47. The smallest absolute Gasteiger partial charge is 0.267 e. The van der Waals surface area contributed by atoms with E-state index in [1.54, 1.807) is 18.2 Å². The molecule has 1 heterocycles. The molecule has 0 fully saturated rings. The summed E-state index contributed by atoms with van der Waals surface area (Å²) in [5, 5.41) is 8.41. The number of hydroxylamine groups is 1. The highest BCUT2D eigenvalue weighted by molar-refractivity contribution is 5.90. The van der Waals surface area contributed by atoms with E-state index in [4.69, 9.17) is 9.94 Å². The highest BCUT2D eigenvalue weighted by Gasteiger charge is 2.00. The summed E-state index contributed by atoms with van der Waals surface area (Å²) in [6, 6.07) is 9.60. The molecule has 0 aliphatic carbocycles. The van der Waals surface area contributed by atoms with E-state index >= 15 is 0 Å². The number of hydrogen-bond donors (Lipinski definition) is 2. The van der Waals surface area contributed by atoms with Crippen molar-refractivity contribution in [3.63, 3.8) is 0 Å². The number of nitrogens with zero attached hydrogens (tertiary/aromatic N) is 1. The van der Waals surface area contributed by atoms with E-state index in [9.17, 15) is 9.18 Å². The number of rotatable bonds is 6. The first-order valence-corrected chi connectivity index (χ1v) is 6.34. The van der Waals surface area contributed by atoms with Crippen molar-refractivity contribution in [3.05, 3.63) is 60.2 Å². The fourth-order valence-corrected chi connectivity index (χ4v) is 1.80. The number of ether oxygens (including phenoxy) is 1. The van der Waals surface area contributed by atoms with E-state index in [-0.39, 0.29) is 5.82 Å². The quantitative estimate of drug-likeness (QED) is 0.487. The van der Waals surface area contributed by atoms with Crippen LogP contribution in [-0.2, 0) is 11.3 Å². The maximum atomic E-state index is 13.0. The van der Waals surface area contributed by atoms with Gasteiger partial charge in [0.1, 0.15) is 18.2 Å². The van der Waals surface area contributed by atoms with Gasteiger partial charge in [-0.15, -0.1) is 0 Å². The molecule has 0 bridgehead atoms. The standard InChI is InChI=1S/C15H15FN2O3/c16-12-3-1-5-14(11-12)21-10-9-18-8-2-4-13(18)6-7-15(19)17-20/h1-8,11,20H,9-10H2,(H,17,19)/b7-6+. The summed E-state index contributed by atoms with van der Waals surface area (Å²) in [6.45, 7) is 0.912. The second-order valence-corrected chi connectivity index (χ2v) is 4.24. The first kappa shape index (κ1) is 14.8. The Labute approximate surface area is 121 Å². The fraction of sp³-hybridized carbons (Fsp3) is 0.133. The number of carbonyl (C=O) groups is 1. The van der Waals surface area contributed by atoms with Crippen LogP contribution in [0, 0.1) is 5.82 Å². The van der Waals surface area contributed by atoms with Crippen molar-refractivity contribution in [1.29, 1.82) is 0 Å². The molecule has 1 aromatic carbocycles. The van der Waals surface area contributed by atoms with Gasteiger partial charge in [-0.1, -0.05) is 6.07 Å². The van der Waals surface area contributed by atoms with Crippen molar-refractivity contribution in [3.8, 4) is 5.75 Å². The van der Waals surface area contributed by atoms with Gasteiger partial charge in [-0.3, -0.25) is 10.0 Å². The van der Waals surface area contributed by atoms with Gasteiger partial charge < -0.3 is 9.30 Å². The molecular weight excluding hydrogens is 275 g/mol. The average Bonchev–Trinajstić information content (AvgIpc) is 2.92. The van der Waals surface area contributed by atoms with Gasteiger partial charge in [-0.2, -0.15) is 0 Å². The van der Waals surface area contributed by atoms with E-state index in [0.717, 1.165) is 5.69 Å². The summed E-state index contributed by atoms with van der Waals surface area (Å²) in [4.78, 5) is 10.9. The van der Waals surface area contributed by atoms with E-state index in [2.05, 4.69) is 0 Å². The Bertz CT molecular complexity index is 637. The molecule has 0 aliphatic heterocycles. The molecule has 0 radical (unpaired) electrons. The van der Waals surface area contributed by atoms with Crippen molar-refractivity contribution in [2.45, 2.75) is 6.54 Å². The van der Waals surface area contributed by atoms with Crippen molar-refractivity contribution >= 4 is 12.0 Å². The summed E-state index contributed by atoms with van der Waals surface area (Å²) in [6.07, 6.45) is 4.64. The van der Waals surface area contributed by atoms with Crippen molar-refractivity contribution < 1.29 is 19.1 Å². The number of carbonyl (C=O) groups excluding carboxylic acids is 1. The lowest BCUT2D eigenvalue weighted by molar-refractivity contribution is -0.124. The number of benzene rings is 1. The maximum absolute atomic E-state index is 13.0. The minimum atomic E-state index is -0.598. The van der Waals surface area contributed by atoms with Crippen LogP contribution in [0.25, 0.3) is 6.08 Å². The van der Waals surface area contributed by atoms with Crippen LogP contribution in [0.3, 0.4) is 0 Å². The van der Waals surface area contributed by atoms with Gasteiger partial charge >= 0.3 is 0 Å². The second-order valence-electron chi connectivity index (χ2n) is 4.24. The molecule has 2 N–H and O–H groups in total.